The summed E-state index contributed by atoms with van der Waals surface area (Å²) in [5.41, 5.74) is 2.80. The van der Waals surface area contributed by atoms with Crippen LogP contribution in [0.3, 0.4) is 0 Å². The average molecular weight is 360 g/mol. The number of carbonyl (C=O) groups is 1. The Labute approximate surface area is 156 Å². The van der Waals surface area contributed by atoms with E-state index in [0.717, 1.165) is 22.4 Å². The van der Waals surface area contributed by atoms with Gasteiger partial charge in [0.05, 0.1) is 11.0 Å². The maximum absolute atomic E-state index is 12.6. The summed E-state index contributed by atoms with van der Waals surface area (Å²) in [5, 5.41) is 7.20. The van der Waals surface area contributed by atoms with E-state index in [1.54, 1.807) is 29.6 Å². The van der Waals surface area contributed by atoms with E-state index in [1.807, 2.05) is 54.0 Å². The molecule has 0 spiro atoms. The molecule has 1 N–H and O–H groups in total. The Morgan fingerprint density at radius 1 is 1.11 bits per heavy atom. The molecule has 4 rings (SSSR count). The molecule has 1 atom stereocenters. The number of benzene rings is 1. The van der Waals surface area contributed by atoms with Crippen LogP contribution in [0.1, 0.15) is 24.9 Å². The molecular weight excluding hydrogens is 340 g/mol. The summed E-state index contributed by atoms with van der Waals surface area (Å²) in [6, 6.07) is 13.2. The number of hydrogen-bond donors (Lipinski definition) is 1. The minimum Gasteiger partial charge on any atom is -0.350 e. The molecule has 4 aromatic rings. The summed E-state index contributed by atoms with van der Waals surface area (Å²) in [6.07, 6.45) is 7.66. The number of hydrogen-bond acceptors (Lipinski definition) is 4. The van der Waals surface area contributed by atoms with E-state index in [0.29, 0.717) is 13.0 Å². The number of carbonyl (C=O) groups excluding carboxylic acids is 1. The first-order valence-electron chi connectivity index (χ1n) is 8.91. The van der Waals surface area contributed by atoms with Gasteiger partial charge in [-0.25, -0.2) is 9.97 Å². The third-order valence-electron chi connectivity index (χ3n) is 4.54. The molecule has 0 radical (unpaired) electrons. The Bertz CT molecular complexity index is 1050. The molecule has 27 heavy (non-hydrogen) atoms. The first-order chi connectivity index (χ1) is 13.3. The van der Waals surface area contributed by atoms with Gasteiger partial charge < -0.3 is 5.32 Å². The lowest BCUT2D eigenvalue weighted by atomic mass is 10.2. The van der Waals surface area contributed by atoms with Crippen molar-refractivity contribution in [2.75, 3.05) is 0 Å². The zero-order valence-corrected chi connectivity index (χ0v) is 15.0. The van der Waals surface area contributed by atoms with Crippen molar-refractivity contribution < 1.29 is 4.79 Å². The number of rotatable bonds is 6. The van der Waals surface area contributed by atoms with Gasteiger partial charge in [0, 0.05) is 30.7 Å². The van der Waals surface area contributed by atoms with E-state index >= 15 is 0 Å². The van der Waals surface area contributed by atoms with Gasteiger partial charge in [0.25, 0.3) is 0 Å². The topological polar surface area (TPSA) is 77.6 Å². The van der Waals surface area contributed by atoms with Gasteiger partial charge in [0.15, 0.2) is 0 Å². The van der Waals surface area contributed by atoms with Crippen molar-refractivity contribution in [3.63, 3.8) is 0 Å². The van der Waals surface area contributed by atoms with E-state index in [4.69, 9.17) is 0 Å². The van der Waals surface area contributed by atoms with Crippen molar-refractivity contribution in [3.8, 4) is 5.82 Å². The quantitative estimate of drug-likeness (QED) is 0.573. The first kappa shape index (κ1) is 17.0. The molecule has 3 aromatic heterocycles. The fourth-order valence-corrected chi connectivity index (χ4v) is 3.17. The molecule has 0 aliphatic heterocycles. The molecule has 136 valence electrons. The number of para-hydroxylation sites is 2. The van der Waals surface area contributed by atoms with Crippen molar-refractivity contribution in [2.24, 2.45) is 0 Å². The van der Waals surface area contributed by atoms with Gasteiger partial charge >= 0.3 is 0 Å². The number of amides is 1. The molecule has 7 nitrogen and oxygen atoms in total. The molecule has 0 saturated carbocycles. The zero-order chi connectivity index (χ0) is 18.6. The van der Waals surface area contributed by atoms with E-state index in [9.17, 15) is 4.79 Å². The second kappa shape index (κ2) is 7.41. The van der Waals surface area contributed by atoms with Crippen LogP contribution in [0.2, 0.25) is 0 Å². The molecule has 1 aromatic carbocycles. The summed E-state index contributed by atoms with van der Waals surface area (Å²) >= 11 is 0. The molecule has 0 bridgehead atoms. The third-order valence-corrected chi connectivity index (χ3v) is 4.54. The normalized spacial score (nSPS) is 12.2. The van der Waals surface area contributed by atoms with Gasteiger partial charge in [-0.2, -0.15) is 5.10 Å². The molecule has 0 unspecified atom stereocenters. The number of nitrogens with one attached hydrogen (secondary N) is 1. The molecule has 0 aliphatic rings. The maximum Gasteiger partial charge on any atom is 0.245 e. The highest BCUT2D eigenvalue weighted by atomic mass is 16.2. The van der Waals surface area contributed by atoms with E-state index in [2.05, 4.69) is 20.4 Å². The second-order valence-corrected chi connectivity index (χ2v) is 6.22. The maximum atomic E-state index is 12.6. The second-order valence-electron chi connectivity index (χ2n) is 6.22. The standard InChI is InChI=1S/C20H20N6O/c1-2-17(26-12-6-11-24-26)20(27)22-13-15-7-5-10-21-19(15)25-14-23-16-8-3-4-9-18(16)25/h3-12,14,17H,2,13H2,1H3,(H,22,27)/t17-/m1/s1. The largest absolute Gasteiger partial charge is 0.350 e. The van der Waals surface area contributed by atoms with Crippen LogP contribution in [-0.4, -0.2) is 30.2 Å². The Morgan fingerprint density at radius 2 is 2.00 bits per heavy atom. The van der Waals surface area contributed by atoms with Crippen LogP contribution >= 0.6 is 0 Å². The summed E-state index contributed by atoms with van der Waals surface area (Å²) in [5.74, 6) is 0.699. The van der Waals surface area contributed by atoms with Gasteiger partial charge in [-0.3, -0.25) is 14.0 Å². The van der Waals surface area contributed by atoms with Gasteiger partial charge in [-0.1, -0.05) is 25.1 Å². The third kappa shape index (κ3) is 3.31. The molecule has 7 heteroatoms. The molecule has 0 saturated heterocycles. The van der Waals surface area contributed by atoms with Crippen LogP contribution in [-0.2, 0) is 11.3 Å². The lowest BCUT2D eigenvalue weighted by Gasteiger charge is -2.16. The van der Waals surface area contributed by atoms with Gasteiger partial charge in [-0.15, -0.1) is 0 Å². The number of imidazole rings is 1. The van der Waals surface area contributed by atoms with E-state index < -0.39 is 0 Å². The van der Waals surface area contributed by atoms with Crippen molar-refractivity contribution in [3.05, 3.63) is 72.9 Å². The predicted molar refractivity (Wildman–Crippen MR) is 102 cm³/mol. The lowest BCUT2D eigenvalue weighted by Crippen LogP contribution is -2.32. The fraction of sp³-hybridized carbons (Fsp3) is 0.200. The predicted octanol–water partition coefficient (Wildman–Crippen LogP) is 2.88. The molecule has 3 heterocycles. The minimum atomic E-state index is -0.325. The molecule has 1 amide bonds. The van der Waals surface area contributed by atoms with Gasteiger partial charge in [-0.05, 0) is 30.7 Å². The Hall–Kier alpha value is -3.48. The molecule has 0 aliphatic carbocycles. The number of nitrogens with zero attached hydrogens (tertiary/aromatic N) is 5. The van der Waals surface area contributed by atoms with Crippen LogP contribution in [0, 0.1) is 0 Å². The first-order valence-corrected chi connectivity index (χ1v) is 8.91. The van der Waals surface area contributed by atoms with Gasteiger partial charge in [0.2, 0.25) is 5.91 Å². The molecule has 0 fully saturated rings. The Morgan fingerprint density at radius 3 is 2.81 bits per heavy atom. The summed E-state index contributed by atoms with van der Waals surface area (Å²) in [6.45, 7) is 2.35. The number of pyridine rings is 1. The SMILES string of the molecule is CC[C@H](C(=O)NCc1cccnc1-n1cnc2ccccc21)n1cccn1. The van der Waals surface area contributed by atoms with Crippen molar-refractivity contribution in [2.45, 2.75) is 25.9 Å². The van der Waals surface area contributed by atoms with Crippen molar-refractivity contribution in [1.82, 2.24) is 29.6 Å². The lowest BCUT2D eigenvalue weighted by molar-refractivity contribution is -0.124. The van der Waals surface area contributed by atoms with Crippen LogP contribution in [0.5, 0.6) is 0 Å². The van der Waals surface area contributed by atoms with Crippen LogP contribution in [0.4, 0.5) is 0 Å². The average Bonchev–Trinajstić information content (AvgIpc) is 3.37. The van der Waals surface area contributed by atoms with Crippen LogP contribution < -0.4 is 5.32 Å². The van der Waals surface area contributed by atoms with E-state index in [1.165, 1.54) is 0 Å². The highest BCUT2D eigenvalue weighted by Gasteiger charge is 2.19. The summed E-state index contributed by atoms with van der Waals surface area (Å²) in [4.78, 5) is 21.6. The van der Waals surface area contributed by atoms with Crippen LogP contribution in [0.25, 0.3) is 16.9 Å². The molecular formula is C20H20N6O. The van der Waals surface area contributed by atoms with Crippen molar-refractivity contribution in [1.29, 1.82) is 0 Å². The fourth-order valence-electron chi connectivity index (χ4n) is 3.17. The van der Waals surface area contributed by atoms with Crippen LogP contribution in [0.15, 0.2) is 67.4 Å². The number of fused-ring (bicyclic) bond motifs is 1. The van der Waals surface area contributed by atoms with E-state index in [-0.39, 0.29) is 11.9 Å². The van der Waals surface area contributed by atoms with Gasteiger partial charge in [0.1, 0.15) is 18.2 Å². The summed E-state index contributed by atoms with van der Waals surface area (Å²) < 4.78 is 3.63. The monoisotopic (exact) mass is 360 g/mol. The highest BCUT2D eigenvalue weighted by molar-refractivity contribution is 5.80. The Balaban J connectivity index is 1.58. The van der Waals surface area contributed by atoms with Crippen molar-refractivity contribution >= 4 is 16.9 Å². The summed E-state index contributed by atoms with van der Waals surface area (Å²) in [7, 11) is 0. The highest BCUT2D eigenvalue weighted by Crippen LogP contribution is 2.19. The smallest absolute Gasteiger partial charge is 0.245 e. The zero-order valence-electron chi connectivity index (χ0n) is 15.0. The minimum absolute atomic E-state index is 0.0634. The number of aromatic nitrogens is 5. The Kier molecular flexibility index (Phi) is 4.65.